The Morgan fingerprint density at radius 1 is 1.08 bits per heavy atom. The third-order valence-corrected chi connectivity index (χ3v) is 1.97. The molecule has 1 atom stereocenters. The smallest absolute Gasteiger partial charge is 0.0586 e. The molecule has 0 aliphatic carbocycles. The number of rotatable bonds is 7. The topological polar surface area (TPSA) is 63.9 Å². The molecule has 0 aliphatic heterocycles. The standard InChI is InChI=1S/C8H19NO3/c1-2-8(7-12)9(3-5-10)4-6-11/h8,10-12H,2-7H2,1H3/t8-/m1/s1. The molecule has 0 radical (unpaired) electrons. The van der Waals surface area contributed by atoms with Crippen LogP contribution in [-0.2, 0) is 0 Å². The molecule has 0 amide bonds. The number of aliphatic hydroxyl groups excluding tert-OH is 3. The first-order valence-electron chi connectivity index (χ1n) is 4.36. The molecule has 0 saturated heterocycles. The van der Waals surface area contributed by atoms with Gasteiger partial charge in [-0.05, 0) is 6.42 Å². The van der Waals surface area contributed by atoms with E-state index in [0.29, 0.717) is 13.1 Å². The molecule has 0 unspecified atom stereocenters. The SMILES string of the molecule is CC[C@H](CO)N(CCO)CCO. The Kier molecular flexibility index (Phi) is 7.39. The third-order valence-electron chi connectivity index (χ3n) is 1.97. The zero-order valence-corrected chi connectivity index (χ0v) is 7.61. The van der Waals surface area contributed by atoms with E-state index in [1.54, 1.807) is 0 Å². The normalized spacial score (nSPS) is 13.8. The highest BCUT2D eigenvalue weighted by molar-refractivity contribution is 4.68. The van der Waals surface area contributed by atoms with Gasteiger partial charge < -0.3 is 15.3 Å². The van der Waals surface area contributed by atoms with E-state index in [2.05, 4.69) is 0 Å². The Bertz CT molecular complexity index is 90.3. The Hall–Kier alpha value is -0.160. The van der Waals surface area contributed by atoms with Gasteiger partial charge in [0.05, 0.1) is 19.8 Å². The van der Waals surface area contributed by atoms with Crippen LogP contribution in [0.2, 0.25) is 0 Å². The van der Waals surface area contributed by atoms with Crippen LogP contribution in [-0.4, -0.2) is 59.2 Å². The highest BCUT2D eigenvalue weighted by Crippen LogP contribution is 2.01. The van der Waals surface area contributed by atoms with Crippen LogP contribution < -0.4 is 0 Å². The lowest BCUT2D eigenvalue weighted by molar-refractivity contribution is 0.0821. The molecule has 74 valence electrons. The van der Waals surface area contributed by atoms with Crippen LogP contribution in [0.15, 0.2) is 0 Å². The van der Waals surface area contributed by atoms with Crippen molar-refractivity contribution in [3.8, 4) is 0 Å². The Morgan fingerprint density at radius 2 is 1.58 bits per heavy atom. The number of hydrogen-bond donors (Lipinski definition) is 3. The summed E-state index contributed by atoms with van der Waals surface area (Å²) >= 11 is 0. The van der Waals surface area contributed by atoms with Crippen LogP contribution in [0.1, 0.15) is 13.3 Å². The molecule has 0 spiro atoms. The Morgan fingerprint density at radius 3 is 1.83 bits per heavy atom. The van der Waals surface area contributed by atoms with E-state index in [-0.39, 0.29) is 25.9 Å². The lowest BCUT2D eigenvalue weighted by atomic mass is 10.2. The van der Waals surface area contributed by atoms with Crippen molar-refractivity contribution in [1.29, 1.82) is 0 Å². The lowest BCUT2D eigenvalue weighted by Gasteiger charge is -2.28. The van der Waals surface area contributed by atoms with Gasteiger partial charge in [0.25, 0.3) is 0 Å². The monoisotopic (exact) mass is 177 g/mol. The highest BCUT2D eigenvalue weighted by Gasteiger charge is 2.13. The van der Waals surface area contributed by atoms with Crippen molar-refractivity contribution >= 4 is 0 Å². The summed E-state index contributed by atoms with van der Waals surface area (Å²) in [6, 6.07) is 0.0595. The molecular formula is C8H19NO3. The van der Waals surface area contributed by atoms with Crippen LogP contribution in [0.3, 0.4) is 0 Å². The Labute approximate surface area is 73.4 Å². The highest BCUT2D eigenvalue weighted by atomic mass is 16.3. The van der Waals surface area contributed by atoms with E-state index in [1.165, 1.54) is 0 Å². The minimum Gasteiger partial charge on any atom is -0.395 e. The van der Waals surface area contributed by atoms with Gasteiger partial charge in [-0.2, -0.15) is 0 Å². The second-order valence-electron chi connectivity index (χ2n) is 2.73. The molecule has 0 rings (SSSR count). The number of hydrogen-bond acceptors (Lipinski definition) is 4. The summed E-state index contributed by atoms with van der Waals surface area (Å²) in [5.41, 5.74) is 0. The first-order valence-corrected chi connectivity index (χ1v) is 4.36. The molecule has 0 heterocycles. The molecule has 4 nitrogen and oxygen atoms in total. The molecular weight excluding hydrogens is 158 g/mol. The van der Waals surface area contributed by atoms with E-state index in [1.807, 2.05) is 11.8 Å². The zero-order chi connectivity index (χ0) is 9.40. The van der Waals surface area contributed by atoms with Crippen LogP contribution >= 0.6 is 0 Å². The average molecular weight is 177 g/mol. The fraction of sp³-hybridized carbons (Fsp3) is 1.00. The summed E-state index contributed by atoms with van der Waals surface area (Å²) in [4.78, 5) is 1.89. The molecule has 0 saturated carbocycles. The van der Waals surface area contributed by atoms with Crippen molar-refractivity contribution in [2.24, 2.45) is 0 Å². The molecule has 0 aromatic rings. The van der Waals surface area contributed by atoms with Crippen LogP contribution in [0, 0.1) is 0 Å². The third kappa shape index (κ3) is 4.01. The zero-order valence-electron chi connectivity index (χ0n) is 7.61. The quantitative estimate of drug-likeness (QED) is 0.469. The molecule has 0 aromatic heterocycles. The van der Waals surface area contributed by atoms with Gasteiger partial charge >= 0.3 is 0 Å². The van der Waals surface area contributed by atoms with Gasteiger partial charge in [0.15, 0.2) is 0 Å². The summed E-state index contributed by atoms with van der Waals surface area (Å²) < 4.78 is 0. The van der Waals surface area contributed by atoms with Crippen LogP contribution in [0.5, 0.6) is 0 Å². The second kappa shape index (κ2) is 7.49. The number of aliphatic hydroxyl groups is 3. The predicted molar refractivity (Wildman–Crippen MR) is 46.9 cm³/mol. The van der Waals surface area contributed by atoms with E-state index in [0.717, 1.165) is 6.42 Å². The van der Waals surface area contributed by atoms with E-state index >= 15 is 0 Å². The summed E-state index contributed by atoms with van der Waals surface area (Å²) in [6.45, 7) is 3.21. The minimum absolute atomic E-state index is 0.0595. The summed E-state index contributed by atoms with van der Waals surface area (Å²) in [5, 5.41) is 26.3. The fourth-order valence-electron chi connectivity index (χ4n) is 1.24. The molecule has 0 fully saturated rings. The minimum atomic E-state index is 0.0595. The first kappa shape index (κ1) is 11.8. The largest absolute Gasteiger partial charge is 0.395 e. The van der Waals surface area contributed by atoms with Gasteiger partial charge in [-0.25, -0.2) is 0 Å². The summed E-state index contributed by atoms with van der Waals surface area (Å²) in [7, 11) is 0. The van der Waals surface area contributed by atoms with Gasteiger partial charge in [0.2, 0.25) is 0 Å². The molecule has 0 bridgehead atoms. The van der Waals surface area contributed by atoms with Crippen LogP contribution in [0.25, 0.3) is 0 Å². The van der Waals surface area contributed by atoms with E-state index < -0.39 is 0 Å². The van der Waals surface area contributed by atoms with Crippen LogP contribution in [0.4, 0.5) is 0 Å². The molecule has 4 heteroatoms. The van der Waals surface area contributed by atoms with Gasteiger partial charge in [0.1, 0.15) is 0 Å². The average Bonchev–Trinajstić information content (AvgIpc) is 2.07. The lowest BCUT2D eigenvalue weighted by Crippen LogP contribution is -2.41. The molecule has 0 aliphatic rings. The van der Waals surface area contributed by atoms with Gasteiger partial charge in [-0.3, -0.25) is 4.90 Å². The van der Waals surface area contributed by atoms with Gasteiger partial charge in [-0.15, -0.1) is 0 Å². The summed E-state index contributed by atoms with van der Waals surface area (Å²) in [5.74, 6) is 0. The van der Waals surface area contributed by atoms with Crippen molar-refractivity contribution in [3.05, 3.63) is 0 Å². The first-order chi connectivity index (χ1) is 5.79. The predicted octanol–water partition coefficient (Wildman–Crippen LogP) is -0.956. The van der Waals surface area contributed by atoms with Crippen molar-refractivity contribution < 1.29 is 15.3 Å². The molecule has 0 aromatic carbocycles. The van der Waals surface area contributed by atoms with Crippen molar-refractivity contribution in [3.63, 3.8) is 0 Å². The molecule has 12 heavy (non-hydrogen) atoms. The van der Waals surface area contributed by atoms with Crippen molar-refractivity contribution in [2.75, 3.05) is 32.9 Å². The van der Waals surface area contributed by atoms with Crippen molar-refractivity contribution in [1.82, 2.24) is 4.90 Å². The van der Waals surface area contributed by atoms with E-state index in [4.69, 9.17) is 15.3 Å². The van der Waals surface area contributed by atoms with Gasteiger partial charge in [-0.1, -0.05) is 6.92 Å². The van der Waals surface area contributed by atoms with Gasteiger partial charge in [0, 0.05) is 19.1 Å². The maximum atomic E-state index is 8.94. The summed E-state index contributed by atoms with van der Waals surface area (Å²) in [6.07, 6.45) is 0.830. The van der Waals surface area contributed by atoms with E-state index in [9.17, 15) is 0 Å². The second-order valence-corrected chi connectivity index (χ2v) is 2.73. The maximum absolute atomic E-state index is 8.94. The fourth-order valence-corrected chi connectivity index (χ4v) is 1.24. The Balaban J connectivity index is 3.86. The molecule has 3 N–H and O–H groups in total. The van der Waals surface area contributed by atoms with Crippen molar-refractivity contribution in [2.45, 2.75) is 19.4 Å². The number of nitrogens with zero attached hydrogens (tertiary/aromatic N) is 1. The maximum Gasteiger partial charge on any atom is 0.0586 e.